The minimum Gasteiger partial charge on any atom is -0.494 e. The Morgan fingerprint density at radius 2 is 2.29 bits per heavy atom. The largest absolute Gasteiger partial charge is 0.494 e. The van der Waals surface area contributed by atoms with E-state index in [-0.39, 0.29) is 0 Å². The van der Waals surface area contributed by atoms with E-state index in [1.54, 1.807) is 0 Å². The van der Waals surface area contributed by atoms with Gasteiger partial charge < -0.3 is 4.74 Å². The van der Waals surface area contributed by atoms with Crippen molar-refractivity contribution in [1.82, 2.24) is 5.43 Å². The predicted octanol–water partition coefficient (Wildman–Crippen LogP) is 1.48. The number of nitrogens with one attached hydrogen (secondary N) is 1. The maximum Gasteiger partial charge on any atom is 0.119 e. The predicted molar refractivity (Wildman–Crippen MR) is 58.1 cm³/mol. The second kappa shape index (κ2) is 6.40. The average Bonchev–Trinajstić information content (AvgIpc) is 2.25. The Labute approximate surface area is 85.2 Å². The van der Waals surface area contributed by atoms with Crippen LogP contribution in [0.25, 0.3) is 0 Å². The Bertz CT molecular complexity index is 263. The Balaban J connectivity index is 2.34. The fourth-order valence-electron chi connectivity index (χ4n) is 1.22. The number of rotatable bonds is 6. The van der Waals surface area contributed by atoms with Crippen LogP contribution < -0.4 is 16.0 Å². The van der Waals surface area contributed by atoms with Crippen LogP contribution >= 0.6 is 0 Å². The molecule has 0 radical (unpaired) electrons. The smallest absolute Gasteiger partial charge is 0.119 e. The molecule has 0 aliphatic carbocycles. The van der Waals surface area contributed by atoms with Gasteiger partial charge in [0.05, 0.1) is 6.61 Å². The van der Waals surface area contributed by atoms with Gasteiger partial charge >= 0.3 is 0 Å². The van der Waals surface area contributed by atoms with Gasteiger partial charge in [-0.2, -0.15) is 0 Å². The van der Waals surface area contributed by atoms with Gasteiger partial charge in [0.1, 0.15) is 5.75 Å². The van der Waals surface area contributed by atoms with E-state index in [1.807, 2.05) is 12.1 Å². The first-order valence-electron chi connectivity index (χ1n) is 5.02. The first-order chi connectivity index (χ1) is 6.86. The second-order valence-corrected chi connectivity index (χ2v) is 3.16. The highest BCUT2D eigenvalue weighted by atomic mass is 16.5. The molecule has 0 aliphatic rings. The molecule has 0 aromatic heterocycles. The van der Waals surface area contributed by atoms with E-state index in [0.717, 1.165) is 25.1 Å². The molecule has 0 saturated carbocycles. The summed E-state index contributed by atoms with van der Waals surface area (Å²) < 4.78 is 5.56. The molecule has 3 heteroatoms. The van der Waals surface area contributed by atoms with Gasteiger partial charge in [0.15, 0.2) is 0 Å². The second-order valence-electron chi connectivity index (χ2n) is 3.16. The quantitative estimate of drug-likeness (QED) is 0.409. The van der Waals surface area contributed by atoms with Crippen molar-refractivity contribution in [2.45, 2.75) is 19.8 Å². The molecule has 0 amide bonds. The average molecular weight is 194 g/mol. The van der Waals surface area contributed by atoms with E-state index in [9.17, 15) is 0 Å². The van der Waals surface area contributed by atoms with Crippen LogP contribution in [0, 0.1) is 0 Å². The minimum absolute atomic E-state index is 0.706. The summed E-state index contributed by atoms with van der Waals surface area (Å²) in [7, 11) is 0. The summed E-state index contributed by atoms with van der Waals surface area (Å²) in [5, 5.41) is 0. The van der Waals surface area contributed by atoms with Crippen molar-refractivity contribution in [3.05, 3.63) is 29.8 Å². The van der Waals surface area contributed by atoms with Gasteiger partial charge in [-0.25, -0.2) is 0 Å². The summed E-state index contributed by atoms with van der Waals surface area (Å²) in [5.74, 6) is 6.09. The number of aryl methyl sites for hydroxylation is 1. The van der Waals surface area contributed by atoms with Crippen LogP contribution in [-0.4, -0.2) is 13.2 Å². The summed E-state index contributed by atoms with van der Waals surface area (Å²) >= 11 is 0. The molecule has 0 atom stereocenters. The van der Waals surface area contributed by atoms with Crippen molar-refractivity contribution in [3.63, 3.8) is 0 Å². The maximum atomic E-state index is 5.56. The molecule has 0 aliphatic heterocycles. The molecular weight excluding hydrogens is 176 g/mol. The van der Waals surface area contributed by atoms with E-state index in [1.165, 1.54) is 5.56 Å². The van der Waals surface area contributed by atoms with Gasteiger partial charge in [0.2, 0.25) is 0 Å². The third-order valence-corrected chi connectivity index (χ3v) is 2.04. The van der Waals surface area contributed by atoms with E-state index >= 15 is 0 Å². The van der Waals surface area contributed by atoms with E-state index < -0.39 is 0 Å². The van der Waals surface area contributed by atoms with Crippen LogP contribution in [0.15, 0.2) is 24.3 Å². The van der Waals surface area contributed by atoms with Crippen molar-refractivity contribution in [2.75, 3.05) is 13.2 Å². The fourth-order valence-corrected chi connectivity index (χ4v) is 1.22. The van der Waals surface area contributed by atoms with Gasteiger partial charge in [-0.3, -0.25) is 11.3 Å². The number of hydrogen-bond acceptors (Lipinski definition) is 3. The zero-order chi connectivity index (χ0) is 10.2. The molecule has 0 heterocycles. The molecule has 0 fully saturated rings. The third kappa shape index (κ3) is 3.77. The number of hydrogen-bond donors (Lipinski definition) is 2. The monoisotopic (exact) mass is 194 g/mol. The van der Waals surface area contributed by atoms with Gasteiger partial charge in [0.25, 0.3) is 0 Å². The molecule has 3 N–H and O–H groups in total. The molecular formula is C11H18N2O. The summed E-state index contributed by atoms with van der Waals surface area (Å²) in [4.78, 5) is 0. The van der Waals surface area contributed by atoms with Crippen molar-refractivity contribution in [1.29, 1.82) is 0 Å². The topological polar surface area (TPSA) is 47.3 Å². The lowest BCUT2D eigenvalue weighted by atomic mass is 10.2. The van der Waals surface area contributed by atoms with Crippen LogP contribution in [0.5, 0.6) is 5.75 Å². The lowest BCUT2D eigenvalue weighted by Gasteiger charge is -2.06. The fraction of sp³-hybridized carbons (Fsp3) is 0.455. The summed E-state index contributed by atoms with van der Waals surface area (Å²) in [6.07, 6.45) is 1.97. The highest BCUT2D eigenvalue weighted by Gasteiger charge is 1.94. The minimum atomic E-state index is 0.706. The van der Waals surface area contributed by atoms with E-state index in [4.69, 9.17) is 10.6 Å². The van der Waals surface area contributed by atoms with Crippen LogP contribution in [0.3, 0.4) is 0 Å². The summed E-state index contributed by atoms with van der Waals surface area (Å²) in [5.41, 5.74) is 3.90. The molecule has 0 spiro atoms. The molecule has 1 rings (SSSR count). The lowest BCUT2D eigenvalue weighted by Crippen LogP contribution is -2.24. The molecule has 3 nitrogen and oxygen atoms in total. The zero-order valence-electron chi connectivity index (χ0n) is 8.62. The number of nitrogens with two attached hydrogens (primary N) is 1. The highest BCUT2D eigenvalue weighted by molar-refractivity contribution is 5.28. The molecule has 1 aromatic carbocycles. The SMILES string of the molecule is CCc1cccc(OCCCNN)c1. The van der Waals surface area contributed by atoms with Gasteiger partial charge in [0, 0.05) is 6.54 Å². The molecule has 0 unspecified atom stereocenters. The van der Waals surface area contributed by atoms with E-state index in [0.29, 0.717) is 6.61 Å². The Kier molecular flexibility index (Phi) is 5.04. The zero-order valence-corrected chi connectivity index (χ0v) is 8.62. The summed E-state index contributed by atoms with van der Waals surface area (Å²) in [6.45, 7) is 3.63. The van der Waals surface area contributed by atoms with Crippen LogP contribution in [0.2, 0.25) is 0 Å². The molecule has 1 aromatic rings. The molecule has 0 bridgehead atoms. The lowest BCUT2D eigenvalue weighted by molar-refractivity contribution is 0.308. The molecule has 0 saturated heterocycles. The first kappa shape index (κ1) is 11.0. The van der Waals surface area contributed by atoms with Crippen molar-refractivity contribution >= 4 is 0 Å². The number of benzene rings is 1. The van der Waals surface area contributed by atoms with Crippen molar-refractivity contribution in [3.8, 4) is 5.75 Å². The molecule has 78 valence electrons. The third-order valence-electron chi connectivity index (χ3n) is 2.04. The van der Waals surface area contributed by atoms with Crippen LogP contribution in [0.4, 0.5) is 0 Å². The summed E-state index contributed by atoms with van der Waals surface area (Å²) in [6, 6.07) is 8.19. The Hall–Kier alpha value is -1.06. The number of hydrazine groups is 1. The standard InChI is InChI=1S/C11H18N2O/c1-2-10-5-3-6-11(9-10)14-8-4-7-13-12/h3,5-6,9,13H,2,4,7-8,12H2,1H3. The first-order valence-corrected chi connectivity index (χ1v) is 5.02. The van der Waals surface area contributed by atoms with Crippen LogP contribution in [-0.2, 0) is 6.42 Å². The normalized spacial score (nSPS) is 10.1. The van der Waals surface area contributed by atoms with Crippen molar-refractivity contribution in [2.24, 2.45) is 5.84 Å². The van der Waals surface area contributed by atoms with Gasteiger partial charge in [-0.1, -0.05) is 19.1 Å². The molecule has 14 heavy (non-hydrogen) atoms. The van der Waals surface area contributed by atoms with Crippen LogP contribution in [0.1, 0.15) is 18.9 Å². The Morgan fingerprint density at radius 1 is 1.43 bits per heavy atom. The highest BCUT2D eigenvalue weighted by Crippen LogP contribution is 2.13. The maximum absolute atomic E-state index is 5.56. The van der Waals surface area contributed by atoms with Gasteiger partial charge in [-0.15, -0.1) is 0 Å². The number of ether oxygens (including phenoxy) is 1. The Morgan fingerprint density at radius 3 is 3.00 bits per heavy atom. The van der Waals surface area contributed by atoms with Gasteiger partial charge in [-0.05, 0) is 30.5 Å². The van der Waals surface area contributed by atoms with E-state index in [2.05, 4.69) is 24.5 Å². The van der Waals surface area contributed by atoms with Crippen molar-refractivity contribution < 1.29 is 4.74 Å².